The minimum atomic E-state index is -0.502. The standard InChI is InChI=1S/C19H24N4O2/c1-23-12-18(25-17-10-6-5-9-16(17)23)19(24)20-11-15-13-7-3-2-4-8-14(13)21-22-15/h5-6,9-10,18H,2-4,7-8,11-12H2,1H3,(H,20,24)(H,21,22)/t18-/m0/s1. The molecule has 25 heavy (non-hydrogen) atoms. The summed E-state index contributed by atoms with van der Waals surface area (Å²) in [5, 5.41) is 10.6. The van der Waals surface area contributed by atoms with Gasteiger partial charge in [-0.3, -0.25) is 9.89 Å². The molecule has 1 atom stereocenters. The van der Waals surface area contributed by atoms with Gasteiger partial charge in [0, 0.05) is 12.7 Å². The van der Waals surface area contributed by atoms with Crippen molar-refractivity contribution >= 4 is 11.6 Å². The van der Waals surface area contributed by atoms with E-state index in [0.29, 0.717) is 13.1 Å². The van der Waals surface area contributed by atoms with Gasteiger partial charge in [-0.25, -0.2) is 0 Å². The second-order valence-corrected chi connectivity index (χ2v) is 6.86. The number of fused-ring (bicyclic) bond motifs is 2. The summed E-state index contributed by atoms with van der Waals surface area (Å²) in [6.45, 7) is 0.997. The molecular weight excluding hydrogens is 316 g/mol. The summed E-state index contributed by atoms with van der Waals surface area (Å²) in [5.41, 5.74) is 4.52. The lowest BCUT2D eigenvalue weighted by molar-refractivity contribution is -0.128. The molecule has 2 aliphatic rings. The van der Waals surface area contributed by atoms with Crippen molar-refractivity contribution in [2.45, 2.75) is 44.8 Å². The number of amides is 1. The Labute approximate surface area is 147 Å². The number of hydrogen-bond donors (Lipinski definition) is 2. The zero-order valence-electron chi connectivity index (χ0n) is 14.5. The maximum absolute atomic E-state index is 12.6. The van der Waals surface area contributed by atoms with Crippen LogP contribution in [-0.4, -0.2) is 35.8 Å². The fourth-order valence-corrected chi connectivity index (χ4v) is 3.70. The predicted molar refractivity (Wildman–Crippen MR) is 95.8 cm³/mol. The number of rotatable bonds is 3. The molecule has 0 saturated carbocycles. The molecule has 1 amide bonds. The van der Waals surface area contributed by atoms with E-state index in [-0.39, 0.29) is 5.91 Å². The number of para-hydroxylation sites is 2. The number of hydrogen-bond acceptors (Lipinski definition) is 4. The molecule has 0 unspecified atom stereocenters. The number of H-pyrrole nitrogens is 1. The Bertz CT molecular complexity index is 771. The van der Waals surface area contributed by atoms with Crippen LogP contribution < -0.4 is 15.0 Å². The van der Waals surface area contributed by atoms with Gasteiger partial charge < -0.3 is 15.0 Å². The molecule has 1 aromatic heterocycles. The van der Waals surface area contributed by atoms with E-state index in [9.17, 15) is 4.79 Å². The van der Waals surface area contributed by atoms with Gasteiger partial charge in [-0.15, -0.1) is 0 Å². The number of anilines is 1. The van der Waals surface area contributed by atoms with Crippen LogP contribution in [0.1, 0.15) is 36.2 Å². The number of nitrogens with zero attached hydrogens (tertiary/aromatic N) is 2. The van der Waals surface area contributed by atoms with Gasteiger partial charge >= 0.3 is 0 Å². The summed E-state index contributed by atoms with van der Waals surface area (Å²) in [7, 11) is 1.98. The minimum absolute atomic E-state index is 0.0910. The molecule has 1 aliphatic carbocycles. The normalized spacial score (nSPS) is 19.4. The van der Waals surface area contributed by atoms with E-state index in [2.05, 4.69) is 20.4 Å². The van der Waals surface area contributed by atoms with Crippen LogP contribution >= 0.6 is 0 Å². The first kappa shape index (κ1) is 16.0. The van der Waals surface area contributed by atoms with Crippen LogP contribution in [0.25, 0.3) is 0 Å². The molecule has 2 heterocycles. The molecule has 2 aromatic rings. The average molecular weight is 340 g/mol. The molecular formula is C19H24N4O2. The van der Waals surface area contributed by atoms with Crippen molar-refractivity contribution in [3.63, 3.8) is 0 Å². The molecule has 0 saturated heterocycles. The molecule has 2 N–H and O–H groups in total. The third-order valence-corrected chi connectivity index (χ3v) is 5.10. The van der Waals surface area contributed by atoms with E-state index in [0.717, 1.165) is 30.0 Å². The van der Waals surface area contributed by atoms with Crippen molar-refractivity contribution in [1.82, 2.24) is 15.5 Å². The highest BCUT2D eigenvalue weighted by Gasteiger charge is 2.29. The lowest BCUT2D eigenvalue weighted by Crippen LogP contribution is -2.47. The highest BCUT2D eigenvalue weighted by atomic mass is 16.5. The first-order chi connectivity index (χ1) is 12.2. The summed E-state index contributed by atoms with van der Waals surface area (Å²) in [6, 6.07) is 7.80. The second-order valence-electron chi connectivity index (χ2n) is 6.86. The maximum atomic E-state index is 12.6. The third-order valence-electron chi connectivity index (χ3n) is 5.10. The number of carbonyl (C=O) groups is 1. The minimum Gasteiger partial charge on any atom is -0.477 e. The number of nitrogens with one attached hydrogen (secondary N) is 2. The summed E-state index contributed by atoms with van der Waals surface area (Å²) in [6.07, 6.45) is 5.27. The molecule has 132 valence electrons. The summed E-state index contributed by atoms with van der Waals surface area (Å²) in [5.74, 6) is 0.664. The van der Waals surface area contributed by atoms with E-state index >= 15 is 0 Å². The Hall–Kier alpha value is -2.50. The number of benzene rings is 1. The monoisotopic (exact) mass is 340 g/mol. The van der Waals surface area contributed by atoms with Crippen molar-refractivity contribution < 1.29 is 9.53 Å². The topological polar surface area (TPSA) is 70.2 Å². The fraction of sp³-hybridized carbons (Fsp3) is 0.474. The van der Waals surface area contributed by atoms with Crippen molar-refractivity contribution in [2.24, 2.45) is 0 Å². The molecule has 4 rings (SSSR count). The molecule has 6 nitrogen and oxygen atoms in total. The van der Waals surface area contributed by atoms with Gasteiger partial charge in [0.05, 0.1) is 24.5 Å². The second kappa shape index (κ2) is 6.78. The van der Waals surface area contributed by atoms with Gasteiger partial charge in [-0.1, -0.05) is 18.6 Å². The van der Waals surface area contributed by atoms with E-state index in [4.69, 9.17) is 4.74 Å². The van der Waals surface area contributed by atoms with Crippen LogP contribution in [-0.2, 0) is 24.2 Å². The molecule has 0 radical (unpaired) electrons. The number of aryl methyl sites for hydroxylation is 1. The van der Waals surface area contributed by atoms with Crippen LogP contribution in [0.3, 0.4) is 0 Å². The zero-order valence-corrected chi connectivity index (χ0v) is 14.5. The van der Waals surface area contributed by atoms with Crippen molar-refractivity contribution in [3.05, 3.63) is 41.2 Å². The Morgan fingerprint density at radius 2 is 2.16 bits per heavy atom. The van der Waals surface area contributed by atoms with Crippen molar-refractivity contribution in [2.75, 3.05) is 18.5 Å². The molecule has 0 spiro atoms. The number of carbonyl (C=O) groups excluding carboxylic acids is 1. The predicted octanol–water partition coefficient (Wildman–Crippen LogP) is 2.19. The van der Waals surface area contributed by atoms with Crippen molar-refractivity contribution in [1.29, 1.82) is 0 Å². The summed E-state index contributed by atoms with van der Waals surface area (Å²) in [4.78, 5) is 14.6. The summed E-state index contributed by atoms with van der Waals surface area (Å²) >= 11 is 0. The van der Waals surface area contributed by atoms with Gasteiger partial charge in [0.2, 0.25) is 0 Å². The van der Waals surface area contributed by atoms with Gasteiger partial charge in [-0.2, -0.15) is 5.10 Å². The number of likely N-dealkylation sites (N-methyl/N-ethyl adjacent to an activating group) is 1. The number of aromatic nitrogens is 2. The van der Waals surface area contributed by atoms with Gasteiger partial charge in [0.25, 0.3) is 5.91 Å². The van der Waals surface area contributed by atoms with Crippen LogP contribution in [0.5, 0.6) is 5.75 Å². The van der Waals surface area contributed by atoms with Gasteiger partial charge in [0.1, 0.15) is 5.75 Å². The lowest BCUT2D eigenvalue weighted by atomic mass is 10.1. The van der Waals surface area contributed by atoms with Crippen LogP contribution in [0.15, 0.2) is 24.3 Å². The third kappa shape index (κ3) is 3.21. The number of ether oxygens (including phenoxy) is 1. The first-order valence-electron chi connectivity index (χ1n) is 9.02. The molecule has 1 aliphatic heterocycles. The largest absolute Gasteiger partial charge is 0.477 e. The lowest BCUT2D eigenvalue weighted by Gasteiger charge is -2.32. The van der Waals surface area contributed by atoms with Crippen LogP contribution in [0.4, 0.5) is 5.69 Å². The Morgan fingerprint density at radius 3 is 3.08 bits per heavy atom. The van der Waals surface area contributed by atoms with E-state index in [1.165, 1.54) is 30.5 Å². The van der Waals surface area contributed by atoms with E-state index in [1.54, 1.807) is 0 Å². The molecule has 0 bridgehead atoms. The summed E-state index contributed by atoms with van der Waals surface area (Å²) < 4.78 is 5.88. The van der Waals surface area contributed by atoms with Gasteiger partial charge in [-0.05, 0) is 43.4 Å². The Kier molecular flexibility index (Phi) is 4.34. The van der Waals surface area contributed by atoms with E-state index in [1.807, 2.05) is 31.3 Å². The molecule has 1 aromatic carbocycles. The Morgan fingerprint density at radius 1 is 1.32 bits per heavy atom. The van der Waals surface area contributed by atoms with Crippen LogP contribution in [0, 0.1) is 0 Å². The first-order valence-corrected chi connectivity index (χ1v) is 9.02. The maximum Gasteiger partial charge on any atom is 0.263 e. The highest BCUT2D eigenvalue weighted by molar-refractivity contribution is 5.83. The average Bonchev–Trinajstić information content (AvgIpc) is 2.86. The SMILES string of the molecule is CN1C[C@@H](C(=O)NCc2n[nH]c3c2CCCCC3)Oc2ccccc21. The Balaban J connectivity index is 1.41. The van der Waals surface area contributed by atoms with Crippen LogP contribution in [0.2, 0.25) is 0 Å². The molecule has 6 heteroatoms. The van der Waals surface area contributed by atoms with Crippen molar-refractivity contribution in [3.8, 4) is 5.75 Å². The zero-order chi connectivity index (χ0) is 17.2. The van der Waals surface area contributed by atoms with E-state index < -0.39 is 6.10 Å². The molecule has 0 fully saturated rings. The van der Waals surface area contributed by atoms with Gasteiger partial charge in [0.15, 0.2) is 6.10 Å². The smallest absolute Gasteiger partial charge is 0.263 e. The quantitative estimate of drug-likeness (QED) is 0.841. The fourth-order valence-electron chi connectivity index (χ4n) is 3.70. The highest BCUT2D eigenvalue weighted by Crippen LogP contribution is 2.31. The number of aromatic amines is 1.